The van der Waals surface area contributed by atoms with Gasteiger partial charge < -0.3 is 16.0 Å². The van der Waals surface area contributed by atoms with E-state index >= 15 is 0 Å². The maximum atomic E-state index is 12.0. The number of benzene rings is 1. The van der Waals surface area contributed by atoms with Crippen molar-refractivity contribution in [1.29, 1.82) is 0 Å². The summed E-state index contributed by atoms with van der Waals surface area (Å²) in [7, 11) is 0. The highest BCUT2D eigenvalue weighted by Crippen LogP contribution is 2.16. The molecule has 0 saturated heterocycles. The fourth-order valence-corrected chi connectivity index (χ4v) is 2.73. The first kappa shape index (κ1) is 20.4. The summed E-state index contributed by atoms with van der Waals surface area (Å²) in [5, 5.41) is 9.40. The number of hydrogen-bond donors (Lipinski definition) is 3. The predicted octanol–water partition coefficient (Wildman–Crippen LogP) is 2.50. The Morgan fingerprint density at radius 2 is 1.75 bits per heavy atom. The molecule has 24 heavy (non-hydrogen) atoms. The molecule has 0 radical (unpaired) electrons. The Bertz CT molecular complexity index is 517. The molecule has 0 heterocycles. The predicted molar refractivity (Wildman–Crippen MR) is 104 cm³/mol. The second-order valence-electron chi connectivity index (χ2n) is 6.03. The minimum absolute atomic E-state index is 0.0317. The van der Waals surface area contributed by atoms with Crippen molar-refractivity contribution >= 4 is 23.6 Å². The van der Waals surface area contributed by atoms with Gasteiger partial charge in [0.1, 0.15) is 0 Å². The molecule has 1 aromatic carbocycles. The monoisotopic (exact) mass is 350 g/mol. The molecule has 0 aliphatic heterocycles. The molecular formula is C18H30N4OS. The minimum atomic E-state index is -0.517. The van der Waals surface area contributed by atoms with E-state index in [9.17, 15) is 4.79 Å². The first-order chi connectivity index (χ1) is 11.5. The molecule has 0 fully saturated rings. The zero-order chi connectivity index (χ0) is 17.8. The molecule has 6 heteroatoms. The third-order valence-electron chi connectivity index (χ3n) is 3.34. The van der Waals surface area contributed by atoms with Crippen molar-refractivity contribution < 1.29 is 4.79 Å². The molecule has 0 unspecified atom stereocenters. The average Bonchev–Trinajstić information content (AvgIpc) is 2.57. The fraction of sp³-hybridized carbons (Fsp3) is 0.556. The van der Waals surface area contributed by atoms with Crippen molar-refractivity contribution in [1.82, 2.24) is 16.0 Å². The lowest BCUT2D eigenvalue weighted by Crippen LogP contribution is -2.42. The standard InChI is InChI=1S/C18H30N4OS/c1-5-19-16(23)18(3,4)14-22-17(20-6-2)21-12-13-24-15-10-8-7-9-11-15/h7-11H,5-6,12-14H2,1-4H3,(H,19,23)(H2,20,21,22). The first-order valence-electron chi connectivity index (χ1n) is 8.48. The highest BCUT2D eigenvalue weighted by atomic mass is 32.2. The summed E-state index contributed by atoms with van der Waals surface area (Å²) < 4.78 is 0. The molecule has 0 aliphatic rings. The highest BCUT2D eigenvalue weighted by molar-refractivity contribution is 7.99. The van der Waals surface area contributed by atoms with Gasteiger partial charge in [-0.25, -0.2) is 0 Å². The normalized spacial score (nSPS) is 11.9. The SMILES string of the molecule is CCNC(=O)C(C)(C)CN=C(NCC)NCCSc1ccccc1. The quantitative estimate of drug-likeness (QED) is 0.277. The Morgan fingerprint density at radius 1 is 1.08 bits per heavy atom. The summed E-state index contributed by atoms with van der Waals surface area (Å²) in [5.41, 5.74) is -0.517. The largest absolute Gasteiger partial charge is 0.357 e. The van der Waals surface area contributed by atoms with Crippen LogP contribution in [0.25, 0.3) is 0 Å². The van der Waals surface area contributed by atoms with E-state index < -0.39 is 5.41 Å². The van der Waals surface area contributed by atoms with Crippen LogP contribution >= 0.6 is 11.8 Å². The van der Waals surface area contributed by atoms with Crippen LogP contribution in [-0.4, -0.2) is 43.8 Å². The number of nitrogens with zero attached hydrogens (tertiary/aromatic N) is 1. The molecule has 1 amide bonds. The van der Waals surface area contributed by atoms with Crippen LogP contribution in [0.5, 0.6) is 0 Å². The van der Waals surface area contributed by atoms with Gasteiger partial charge in [-0.3, -0.25) is 9.79 Å². The highest BCUT2D eigenvalue weighted by Gasteiger charge is 2.26. The van der Waals surface area contributed by atoms with Gasteiger partial charge in [-0.1, -0.05) is 18.2 Å². The maximum Gasteiger partial charge on any atom is 0.227 e. The van der Waals surface area contributed by atoms with Gasteiger partial charge in [0.15, 0.2) is 5.96 Å². The second-order valence-corrected chi connectivity index (χ2v) is 7.20. The Balaban J connectivity index is 2.46. The molecule has 0 atom stereocenters. The van der Waals surface area contributed by atoms with Crippen LogP contribution in [-0.2, 0) is 4.79 Å². The molecular weight excluding hydrogens is 320 g/mol. The molecule has 0 aromatic heterocycles. The van der Waals surface area contributed by atoms with E-state index in [0.717, 1.165) is 24.8 Å². The summed E-state index contributed by atoms with van der Waals surface area (Å²) in [6, 6.07) is 10.3. The number of amides is 1. The molecule has 0 saturated carbocycles. The van der Waals surface area contributed by atoms with E-state index in [1.165, 1.54) is 4.90 Å². The van der Waals surface area contributed by atoms with Gasteiger partial charge in [0.2, 0.25) is 5.91 Å². The molecule has 3 N–H and O–H groups in total. The summed E-state index contributed by atoms with van der Waals surface area (Å²) in [4.78, 5) is 17.8. The molecule has 134 valence electrons. The third-order valence-corrected chi connectivity index (χ3v) is 4.35. The molecule has 0 bridgehead atoms. The van der Waals surface area contributed by atoms with Gasteiger partial charge in [-0.15, -0.1) is 11.8 Å². The van der Waals surface area contributed by atoms with E-state index in [4.69, 9.17) is 0 Å². The number of thioether (sulfide) groups is 1. The summed E-state index contributed by atoms with van der Waals surface area (Å²) >= 11 is 1.81. The number of carbonyl (C=O) groups is 1. The van der Waals surface area contributed by atoms with Crippen molar-refractivity contribution in [2.45, 2.75) is 32.6 Å². The second kappa shape index (κ2) is 11.0. The number of rotatable bonds is 9. The lowest BCUT2D eigenvalue weighted by molar-refractivity contribution is -0.128. The fourth-order valence-electron chi connectivity index (χ4n) is 1.95. The van der Waals surface area contributed by atoms with Crippen LogP contribution in [0.2, 0.25) is 0 Å². The molecule has 1 rings (SSSR count). The number of aliphatic imine (C=N–C) groups is 1. The number of carbonyl (C=O) groups excluding carboxylic acids is 1. The Morgan fingerprint density at radius 3 is 2.38 bits per heavy atom. The van der Waals surface area contributed by atoms with Crippen molar-refractivity contribution in [3.05, 3.63) is 30.3 Å². The molecule has 0 spiro atoms. The van der Waals surface area contributed by atoms with Crippen LogP contribution in [0.1, 0.15) is 27.7 Å². The van der Waals surface area contributed by atoms with E-state index in [2.05, 4.69) is 33.1 Å². The van der Waals surface area contributed by atoms with Gasteiger partial charge in [0, 0.05) is 30.3 Å². The van der Waals surface area contributed by atoms with Gasteiger partial charge in [0.25, 0.3) is 0 Å². The van der Waals surface area contributed by atoms with Crippen molar-refractivity contribution in [3.8, 4) is 0 Å². The zero-order valence-electron chi connectivity index (χ0n) is 15.2. The molecule has 1 aromatic rings. The number of hydrogen-bond acceptors (Lipinski definition) is 3. The average molecular weight is 351 g/mol. The lowest BCUT2D eigenvalue weighted by atomic mass is 9.92. The zero-order valence-corrected chi connectivity index (χ0v) is 16.0. The lowest BCUT2D eigenvalue weighted by Gasteiger charge is -2.22. The number of guanidine groups is 1. The van der Waals surface area contributed by atoms with Gasteiger partial charge >= 0.3 is 0 Å². The molecule has 0 aliphatic carbocycles. The van der Waals surface area contributed by atoms with E-state index in [1.807, 2.05) is 45.9 Å². The van der Waals surface area contributed by atoms with Crippen LogP contribution in [0, 0.1) is 5.41 Å². The van der Waals surface area contributed by atoms with E-state index in [0.29, 0.717) is 13.1 Å². The van der Waals surface area contributed by atoms with Crippen LogP contribution in [0.15, 0.2) is 40.2 Å². The van der Waals surface area contributed by atoms with Crippen molar-refractivity contribution in [2.75, 3.05) is 31.9 Å². The maximum absolute atomic E-state index is 12.0. The first-order valence-corrected chi connectivity index (χ1v) is 9.46. The summed E-state index contributed by atoms with van der Waals surface area (Å²) in [6.45, 7) is 10.5. The van der Waals surface area contributed by atoms with Crippen molar-refractivity contribution in [2.24, 2.45) is 10.4 Å². The van der Waals surface area contributed by atoms with Crippen LogP contribution < -0.4 is 16.0 Å². The van der Waals surface area contributed by atoms with Crippen LogP contribution in [0.4, 0.5) is 0 Å². The Kier molecular flexibility index (Phi) is 9.30. The van der Waals surface area contributed by atoms with E-state index in [-0.39, 0.29) is 5.91 Å². The molecule has 5 nitrogen and oxygen atoms in total. The summed E-state index contributed by atoms with van der Waals surface area (Å²) in [5.74, 6) is 1.74. The topological polar surface area (TPSA) is 65.5 Å². The Labute approximate surface area is 150 Å². The van der Waals surface area contributed by atoms with Gasteiger partial charge in [-0.2, -0.15) is 0 Å². The van der Waals surface area contributed by atoms with Crippen LogP contribution in [0.3, 0.4) is 0 Å². The minimum Gasteiger partial charge on any atom is -0.357 e. The Hall–Kier alpha value is -1.69. The number of nitrogens with one attached hydrogen (secondary N) is 3. The van der Waals surface area contributed by atoms with Crippen molar-refractivity contribution in [3.63, 3.8) is 0 Å². The smallest absolute Gasteiger partial charge is 0.227 e. The third kappa shape index (κ3) is 7.73. The van der Waals surface area contributed by atoms with Gasteiger partial charge in [-0.05, 0) is 39.8 Å². The summed E-state index contributed by atoms with van der Waals surface area (Å²) in [6.07, 6.45) is 0. The van der Waals surface area contributed by atoms with E-state index in [1.54, 1.807) is 11.8 Å². The van der Waals surface area contributed by atoms with Gasteiger partial charge in [0.05, 0.1) is 12.0 Å².